The molecule has 1 N–H and O–H groups in total. The van der Waals surface area contributed by atoms with Gasteiger partial charge in [0.2, 0.25) is 11.0 Å². The molecular weight excluding hydrogens is 444 g/mol. The minimum Gasteiger partial charge on any atom is -0.483 e. The van der Waals surface area contributed by atoms with Crippen LogP contribution in [0.15, 0.2) is 29.4 Å². The Bertz CT molecular complexity index is 1040. The highest BCUT2D eigenvalue weighted by atomic mass is 32.2. The van der Waals surface area contributed by atoms with Gasteiger partial charge in [-0.1, -0.05) is 62.9 Å². The summed E-state index contributed by atoms with van der Waals surface area (Å²) >= 11 is 2.73. The molecule has 172 valence electrons. The van der Waals surface area contributed by atoms with Crippen molar-refractivity contribution in [2.75, 3.05) is 11.1 Å². The molecule has 1 amide bonds. The fraction of sp³-hybridized carbons (Fsp3) is 0.500. The molecule has 0 radical (unpaired) electrons. The number of hydrogen-bond donors (Lipinski definition) is 1. The number of aromatic nitrogens is 5. The molecule has 10 heteroatoms. The number of carbonyl (C=O) groups excluding carboxylic acids is 1. The first-order chi connectivity index (χ1) is 15.2. The minimum absolute atomic E-state index is 0.0965. The molecule has 3 rings (SSSR count). The standard InChI is InChI=1S/C22H30N6O2S2/c1-7-18-24-26-20(32-18)23-17(29)13-31-21-27-25-19(28(21)8-2)14(3)30-16-11-9-15(10-12-16)22(4,5)6/h9-12,14H,7-8,13H2,1-6H3,(H,23,26,29). The number of aryl methyl sites for hydroxylation is 1. The zero-order valence-electron chi connectivity index (χ0n) is 19.4. The molecule has 1 atom stereocenters. The molecule has 2 aromatic heterocycles. The molecule has 8 nitrogen and oxygen atoms in total. The largest absolute Gasteiger partial charge is 0.483 e. The Morgan fingerprint density at radius 2 is 1.88 bits per heavy atom. The van der Waals surface area contributed by atoms with Gasteiger partial charge in [-0.2, -0.15) is 0 Å². The first kappa shape index (κ1) is 24.2. The maximum absolute atomic E-state index is 12.3. The number of hydrogen-bond acceptors (Lipinski definition) is 8. The van der Waals surface area contributed by atoms with Crippen LogP contribution in [0, 0.1) is 0 Å². The van der Waals surface area contributed by atoms with E-state index in [9.17, 15) is 4.79 Å². The quantitative estimate of drug-likeness (QED) is 0.442. The van der Waals surface area contributed by atoms with Crippen molar-refractivity contribution in [1.29, 1.82) is 0 Å². The number of rotatable bonds is 9. The second-order valence-electron chi connectivity index (χ2n) is 8.31. The molecule has 32 heavy (non-hydrogen) atoms. The summed E-state index contributed by atoms with van der Waals surface area (Å²) in [5.41, 5.74) is 1.35. The van der Waals surface area contributed by atoms with Gasteiger partial charge in [0.15, 0.2) is 17.1 Å². The fourth-order valence-corrected chi connectivity index (χ4v) is 4.53. The van der Waals surface area contributed by atoms with E-state index in [1.807, 2.05) is 37.5 Å². The van der Waals surface area contributed by atoms with Gasteiger partial charge >= 0.3 is 0 Å². The van der Waals surface area contributed by atoms with Crippen molar-refractivity contribution < 1.29 is 9.53 Å². The molecule has 3 aromatic rings. The van der Waals surface area contributed by atoms with E-state index in [0.717, 1.165) is 23.0 Å². The Morgan fingerprint density at radius 3 is 2.47 bits per heavy atom. The normalized spacial score (nSPS) is 12.6. The van der Waals surface area contributed by atoms with E-state index in [-0.39, 0.29) is 23.2 Å². The van der Waals surface area contributed by atoms with Crippen LogP contribution in [-0.4, -0.2) is 36.6 Å². The number of nitrogens with zero attached hydrogens (tertiary/aromatic N) is 5. The highest BCUT2D eigenvalue weighted by molar-refractivity contribution is 7.99. The van der Waals surface area contributed by atoms with E-state index in [2.05, 4.69) is 58.6 Å². The summed E-state index contributed by atoms with van der Waals surface area (Å²) < 4.78 is 8.09. The fourth-order valence-electron chi connectivity index (χ4n) is 3.03. The number of nitrogens with one attached hydrogen (secondary N) is 1. The van der Waals surface area contributed by atoms with E-state index in [4.69, 9.17) is 4.74 Å². The average molecular weight is 475 g/mol. The predicted molar refractivity (Wildman–Crippen MR) is 129 cm³/mol. The van der Waals surface area contributed by atoms with Crippen molar-refractivity contribution >= 4 is 34.1 Å². The van der Waals surface area contributed by atoms with Crippen molar-refractivity contribution in [1.82, 2.24) is 25.0 Å². The Labute approximate surface area is 197 Å². The van der Waals surface area contributed by atoms with Crippen LogP contribution in [0.3, 0.4) is 0 Å². The number of carbonyl (C=O) groups is 1. The summed E-state index contributed by atoms with van der Waals surface area (Å²) in [5.74, 6) is 1.58. The van der Waals surface area contributed by atoms with Gasteiger partial charge in [0.1, 0.15) is 10.8 Å². The second-order valence-corrected chi connectivity index (χ2v) is 10.3. The highest BCUT2D eigenvalue weighted by Gasteiger charge is 2.20. The molecule has 0 spiro atoms. The van der Waals surface area contributed by atoms with Crippen LogP contribution in [0.25, 0.3) is 0 Å². The van der Waals surface area contributed by atoms with Crippen molar-refractivity contribution in [3.8, 4) is 5.75 Å². The van der Waals surface area contributed by atoms with Gasteiger partial charge in [-0.3, -0.25) is 10.1 Å². The van der Waals surface area contributed by atoms with E-state index in [0.29, 0.717) is 16.8 Å². The molecule has 1 unspecified atom stereocenters. The van der Waals surface area contributed by atoms with Crippen molar-refractivity contribution in [3.05, 3.63) is 40.7 Å². The molecular formula is C22H30N6O2S2. The lowest BCUT2D eigenvalue weighted by Crippen LogP contribution is -2.15. The van der Waals surface area contributed by atoms with Gasteiger partial charge in [0.25, 0.3) is 0 Å². The maximum Gasteiger partial charge on any atom is 0.236 e. The summed E-state index contributed by atoms with van der Waals surface area (Å²) in [5, 5.41) is 21.5. The predicted octanol–water partition coefficient (Wildman–Crippen LogP) is 4.88. The Hall–Kier alpha value is -2.46. The highest BCUT2D eigenvalue weighted by Crippen LogP contribution is 2.28. The van der Waals surface area contributed by atoms with Gasteiger partial charge in [0, 0.05) is 6.54 Å². The Morgan fingerprint density at radius 1 is 1.16 bits per heavy atom. The Balaban J connectivity index is 1.61. The van der Waals surface area contributed by atoms with Crippen LogP contribution in [-0.2, 0) is 23.2 Å². The van der Waals surface area contributed by atoms with Gasteiger partial charge in [-0.05, 0) is 43.4 Å². The van der Waals surface area contributed by atoms with Gasteiger partial charge < -0.3 is 9.30 Å². The zero-order valence-corrected chi connectivity index (χ0v) is 21.0. The molecule has 0 saturated heterocycles. The van der Waals surface area contributed by atoms with E-state index in [1.54, 1.807) is 0 Å². The van der Waals surface area contributed by atoms with Crippen molar-refractivity contribution in [2.45, 2.75) is 71.2 Å². The van der Waals surface area contributed by atoms with Crippen LogP contribution in [0.2, 0.25) is 0 Å². The molecule has 0 bridgehead atoms. The Kier molecular flexibility index (Phi) is 7.89. The smallest absolute Gasteiger partial charge is 0.236 e. The van der Waals surface area contributed by atoms with Crippen LogP contribution >= 0.6 is 23.1 Å². The first-order valence-corrected chi connectivity index (χ1v) is 12.5. The number of ether oxygens (including phenoxy) is 1. The van der Waals surface area contributed by atoms with Crippen LogP contribution in [0.1, 0.15) is 64.0 Å². The number of thioether (sulfide) groups is 1. The van der Waals surface area contributed by atoms with Crippen molar-refractivity contribution in [2.24, 2.45) is 0 Å². The van der Waals surface area contributed by atoms with E-state index in [1.165, 1.54) is 28.7 Å². The number of anilines is 1. The lowest BCUT2D eigenvalue weighted by molar-refractivity contribution is -0.113. The first-order valence-electron chi connectivity index (χ1n) is 10.7. The third kappa shape index (κ3) is 6.07. The van der Waals surface area contributed by atoms with Crippen LogP contribution in [0.4, 0.5) is 5.13 Å². The molecule has 1 aromatic carbocycles. The molecule has 0 aliphatic heterocycles. The molecule has 0 aliphatic carbocycles. The maximum atomic E-state index is 12.3. The zero-order chi connectivity index (χ0) is 23.3. The molecule has 0 aliphatic rings. The number of benzene rings is 1. The number of amides is 1. The van der Waals surface area contributed by atoms with Gasteiger partial charge in [-0.15, -0.1) is 20.4 Å². The lowest BCUT2D eigenvalue weighted by atomic mass is 9.87. The minimum atomic E-state index is -0.278. The monoisotopic (exact) mass is 474 g/mol. The van der Waals surface area contributed by atoms with Gasteiger partial charge in [-0.25, -0.2) is 0 Å². The third-order valence-electron chi connectivity index (χ3n) is 4.81. The van der Waals surface area contributed by atoms with E-state index < -0.39 is 0 Å². The molecule has 0 fully saturated rings. The van der Waals surface area contributed by atoms with Gasteiger partial charge in [0.05, 0.1) is 5.75 Å². The van der Waals surface area contributed by atoms with E-state index >= 15 is 0 Å². The SMILES string of the molecule is CCc1nnc(NC(=O)CSc2nnc(C(C)Oc3ccc(C(C)(C)C)cc3)n2CC)s1. The summed E-state index contributed by atoms with van der Waals surface area (Å²) in [6.45, 7) is 13.2. The molecule has 2 heterocycles. The van der Waals surface area contributed by atoms with Crippen LogP contribution < -0.4 is 10.1 Å². The average Bonchev–Trinajstić information content (AvgIpc) is 3.38. The summed E-state index contributed by atoms with van der Waals surface area (Å²) in [7, 11) is 0. The van der Waals surface area contributed by atoms with Crippen LogP contribution in [0.5, 0.6) is 5.75 Å². The lowest BCUT2D eigenvalue weighted by Gasteiger charge is -2.20. The molecule has 0 saturated carbocycles. The third-order valence-corrected chi connectivity index (χ3v) is 6.76. The topological polar surface area (TPSA) is 94.8 Å². The summed E-state index contributed by atoms with van der Waals surface area (Å²) in [6, 6.07) is 8.16. The van der Waals surface area contributed by atoms with Crippen molar-refractivity contribution in [3.63, 3.8) is 0 Å². The summed E-state index contributed by atoms with van der Waals surface area (Å²) in [6.07, 6.45) is 0.519. The summed E-state index contributed by atoms with van der Waals surface area (Å²) in [4.78, 5) is 12.3. The second kappa shape index (κ2) is 10.4.